The van der Waals surface area contributed by atoms with E-state index in [4.69, 9.17) is 0 Å². The Hall–Kier alpha value is -3.08. The first-order valence-corrected chi connectivity index (χ1v) is 11.1. The lowest BCUT2D eigenvalue weighted by molar-refractivity contribution is 0.348. The van der Waals surface area contributed by atoms with Crippen molar-refractivity contribution in [2.24, 2.45) is 5.92 Å². The average molecular weight is 436 g/mol. The standard InChI is InChI=1S/C14H11F2N.C13H20N2/c1-3-10-7-8-12(16)14(17-10)13-9(2)5-4-6-11(13)15;1-10-3-5-11(6-4-10)12-7-8-15-9-13(12)14-2/h3-8H,1H2,2H3;7-11,14H,3-6H2,1-2H3. The Kier molecular flexibility index (Phi) is 8.09. The Bertz CT molecular complexity index is 1040. The van der Waals surface area contributed by atoms with E-state index in [1.54, 1.807) is 19.1 Å². The fraction of sp³-hybridized carbons (Fsp3) is 0.333. The molecular formula is C27H31F2N3. The minimum atomic E-state index is -0.538. The Morgan fingerprint density at radius 3 is 2.44 bits per heavy atom. The molecule has 0 atom stereocenters. The van der Waals surface area contributed by atoms with Gasteiger partial charge in [0, 0.05) is 18.8 Å². The van der Waals surface area contributed by atoms with Crippen LogP contribution in [0.3, 0.4) is 0 Å². The Labute approximate surface area is 189 Å². The van der Waals surface area contributed by atoms with Gasteiger partial charge in [0.25, 0.3) is 0 Å². The summed E-state index contributed by atoms with van der Waals surface area (Å²) in [5.41, 5.74) is 4.06. The van der Waals surface area contributed by atoms with Crippen molar-refractivity contribution in [3.63, 3.8) is 0 Å². The van der Waals surface area contributed by atoms with E-state index in [9.17, 15) is 8.78 Å². The molecule has 1 aliphatic carbocycles. The lowest BCUT2D eigenvalue weighted by atomic mass is 9.79. The molecule has 0 bridgehead atoms. The van der Waals surface area contributed by atoms with Crippen molar-refractivity contribution in [2.45, 2.75) is 45.4 Å². The van der Waals surface area contributed by atoms with Gasteiger partial charge in [-0.1, -0.05) is 38.5 Å². The molecular weight excluding hydrogens is 404 g/mol. The molecule has 0 amide bonds. The van der Waals surface area contributed by atoms with E-state index < -0.39 is 11.6 Å². The first kappa shape index (κ1) is 23.6. The summed E-state index contributed by atoms with van der Waals surface area (Å²) in [6.07, 6.45) is 10.8. The Morgan fingerprint density at radius 1 is 1.03 bits per heavy atom. The van der Waals surface area contributed by atoms with Crippen molar-refractivity contribution in [1.29, 1.82) is 0 Å². The summed E-state index contributed by atoms with van der Waals surface area (Å²) in [7, 11) is 1.98. The fourth-order valence-corrected chi connectivity index (χ4v) is 4.22. The third-order valence-corrected chi connectivity index (χ3v) is 6.12. The second-order valence-electron chi connectivity index (χ2n) is 8.37. The van der Waals surface area contributed by atoms with Crippen LogP contribution in [0.4, 0.5) is 14.5 Å². The Balaban J connectivity index is 0.000000182. The molecule has 1 fully saturated rings. The molecule has 168 valence electrons. The van der Waals surface area contributed by atoms with Crippen molar-refractivity contribution >= 4 is 11.8 Å². The largest absolute Gasteiger partial charge is 0.387 e. The van der Waals surface area contributed by atoms with Crippen LogP contribution in [0.2, 0.25) is 0 Å². The summed E-state index contributed by atoms with van der Waals surface area (Å²) in [6, 6.07) is 9.55. The van der Waals surface area contributed by atoms with Gasteiger partial charge in [0.2, 0.25) is 0 Å². The summed E-state index contributed by atoms with van der Waals surface area (Å²) in [4.78, 5) is 8.21. The summed E-state index contributed by atoms with van der Waals surface area (Å²) in [5.74, 6) is 0.647. The molecule has 0 saturated heterocycles. The van der Waals surface area contributed by atoms with Gasteiger partial charge in [-0.05, 0) is 73.1 Å². The van der Waals surface area contributed by atoms with E-state index in [1.807, 2.05) is 19.4 Å². The maximum absolute atomic E-state index is 13.7. The molecule has 1 saturated carbocycles. The van der Waals surface area contributed by atoms with Gasteiger partial charge in [0.15, 0.2) is 0 Å². The molecule has 0 spiro atoms. The molecule has 2 heterocycles. The maximum Gasteiger partial charge on any atom is 0.149 e. The van der Waals surface area contributed by atoms with Gasteiger partial charge in [0.1, 0.15) is 17.3 Å². The van der Waals surface area contributed by atoms with Crippen molar-refractivity contribution < 1.29 is 8.78 Å². The van der Waals surface area contributed by atoms with E-state index in [0.717, 1.165) is 11.8 Å². The second-order valence-corrected chi connectivity index (χ2v) is 8.37. The molecule has 2 aromatic heterocycles. The van der Waals surface area contributed by atoms with Gasteiger partial charge < -0.3 is 5.32 Å². The number of anilines is 1. The van der Waals surface area contributed by atoms with Gasteiger partial charge in [0.05, 0.1) is 17.6 Å². The SMILES string of the molecule is C=Cc1ccc(F)c(-c2c(C)cccc2F)n1.CNc1cnccc1C1CCC(C)CC1. The van der Waals surface area contributed by atoms with Crippen LogP contribution in [0.1, 0.15) is 55.3 Å². The van der Waals surface area contributed by atoms with E-state index >= 15 is 0 Å². The van der Waals surface area contributed by atoms with Gasteiger partial charge in [-0.2, -0.15) is 0 Å². The first-order chi connectivity index (χ1) is 15.4. The molecule has 32 heavy (non-hydrogen) atoms. The zero-order valence-electron chi connectivity index (χ0n) is 19.0. The van der Waals surface area contributed by atoms with E-state index in [0.29, 0.717) is 11.3 Å². The summed E-state index contributed by atoms with van der Waals surface area (Å²) in [6.45, 7) is 7.65. The zero-order valence-corrected chi connectivity index (χ0v) is 19.0. The highest BCUT2D eigenvalue weighted by Crippen LogP contribution is 2.38. The number of rotatable bonds is 4. The van der Waals surface area contributed by atoms with Crippen molar-refractivity contribution in [1.82, 2.24) is 9.97 Å². The number of hydrogen-bond donors (Lipinski definition) is 1. The third kappa shape index (κ3) is 5.58. The molecule has 0 unspecified atom stereocenters. The quantitative estimate of drug-likeness (QED) is 0.464. The highest BCUT2D eigenvalue weighted by Gasteiger charge is 2.21. The molecule has 1 aliphatic rings. The summed E-state index contributed by atoms with van der Waals surface area (Å²) < 4.78 is 27.4. The number of hydrogen-bond acceptors (Lipinski definition) is 3. The van der Waals surface area contributed by atoms with Crippen LogP contribution in [-0.2, 0) is 0 Å². The number of nitrogens with zero attached hydrogens (tertiary/aromatic N) is 2. The van der Waals surface area contributed by atoms with Crippen LogP contribution in [-0.4, -0.2) is 17.0 Å². The predicted octanol–water partition coefficient (Wildman–Crippen LogP) is 7.40. The van der Waals surface area contributed by atoms with Crippen LogP contribution in [0.15, 0.2) is 55.4 Å². The zero-order chi connectivity index (χ0) is 23.1. The van der Waals surface area contributed by atoms with E-state index in [1.165, 1.54) is 61.2 Å². The molecule has 5 heteroatoms. The highest BCUT2D eigenvalue weighted by atomic mass is 19.1. The van der Waals surface area contributed by atoms with Crippen LogP contribution in [0.5, 0.6) is 0 Å². The molecule has 1 aromatic carbocycles. The Morgan fingerprint density at radius 2 is 1.78 bits per heavy atom. The van der Waals surface area contributed by atoms with Crippen molar-refractivity contribution in [3.05, 3.63) is 83.8 Å². The van der Waals surface area contributed by atoms with Crippen molar-refractivity contribution in [3.8, 4) is 11.3 Å². The lowest BCUT2D eigenvalue weighted by Crippen LogP contribution is -2.12. The van der Waals surface area contributed by atoms with Gasteiger partial charge in [-0.15, -0.1) is 0 Å². The van der Waals surface area contributed by atoms with Gasteiger partial charge >= 0.3 is 0 Å². The number of nitrogens with one attached hydrogen (secondary N) is 1. The van der Waals surface area contributed by atoms with Crippen molar-refractivity contribution in [2.75, 3.05) is 12.4 Å². The number of aromatic nitrogens is 2. The topological polar surface area (TPSA) is 37.8 Å². The number of aryl methyl sites for hydroxylation is 1. The fourth-order valence-electron chi connectivity index (χ4n) is 4.22. The minimum Gasteiger partial charge on any atom is -0.387 e. The maximum atomic E-state index is 13.7. The van der Waals surface area contributed by atoms with Gasteiger partial charge in [-0.3, -0.25) is 4.98 Å². The van der Waals surface area contributed by atoms with Crippen LogP contribution in [0.25, 0.3) is 17.3 Å². The summed E-state index contributed by atoms with van der Waals surface area (Å²) >= 11 is 0. The molecule has 4 rings (SSSR count). The van der Waals surface area contributed by atoms with Gasteiger partial charge in [-0.25, -0.2) is 13.8 Å². The van der Waals surface area contributed by atoms with Crippen LogP contribution < -0.4 is 5.32 Å². The average Bonchev–Trinajstić information content (AvgIpc) is 2.81. The lowest BCUT2D eigenvalue weighted by Gasteiger charge is -2.27. The van der Waals surface area contributed by atoms with Crippen LogP contribution >= 0.6 is 0 Å². The highest BCUT2D eigenvalue weighted by molar-refractivity contribution is 5.66. The smallest absolute Gasteiger partial charge is 0.149 e. The second kappa shape index (κ2) is 11.0. The molecule has 3 nitrogen and oxygen atoms in total. The number of halogens is 2. The molecule has 1 N–H and O–H groups in total. The monoisotopic (exact) mass is 435 g/mol. The molecule has 3 aromatic rings. The first-order valence-electron chi connectivity index (χ1n) is 11.1. The number of benzene rings is 1. The third-order valence-electron chi connectivity index (χ3n) is 6.12. The minimum absolute atomic E-state index is 0.0259. The predicted molar refractivity (Wildman–Crippen MR) is 129 cm³/mol. The molecule has 0 aliphatic heterocycles. The normalized spacial score (nSPS) is 17.8. The number of pyridine rings is 2. The van der Waals surface area contributed by atoms with E-state index in [2.05, 4.69) is 34.9 Å². The summed E-state index contributed by atoms with van der Waals surface area (Å²) in [5, 5.41) is 3.24. The van der Waals surface area contributed by atoms with E-state index in [-0.39, 0.29) is 11.3 Å². The molecule has 0 radical (unpaired) electrons. The van der Waals surface area contributed by atoms with Crippen LogP contribution in [0, 0.1) is 24.5 Å².